The van der Waals surface area contributed by atoms with E-state index in [2.05, 4.69) is 10.1 Å². The van der Waals surface area contributed by atoms with Gasteiger partial charge in [0.1, 0.15) is 12.2 Å². The first kappa shape index (κ1) is 13.4. The van der Waals surface area contributed by atoms with E-state index in [-0.39, 0.29) is 12.2 Å². The number of nitrogens with one attached hydrogen (secondary N) is 2. The molecule has 1 aromatic rings. The lowest BCUT2D eigenvalue weighted by Gasteiger charge is -2.03. The minimum absolute atomic E-state index is 0.186. The van der Waals surface area contributed by atoms with Crippen LogP contribution in [0.4, 0.5) is 5.69 Å². The van der Waals surface area contributed by atoms with Gasteiger partial charge >= 0.3 is 17.2 Å². The normalized spacial score (nSPS) is 9.61. The van der Waals surface area contributed by atoms with E-state index in [1.807, 2.05) is 4.98 Å². The van der Waals surface area contributed by atoms with Crippen LogP contribution in [-0.2, 0) is 9.53 Å². The van der Waals surface area contributed by atoms with Gasteiger partial charge in [-0.05, 0) is 6.07 Å². The van der Waals surface area contributed by atoms with Crippen LogP contribution in [0.5, 0.6) is 0 Å². The van der Waals surface area contributed by atoms with Gasteiger partial charge in [0.05, 0.1) is 12.0 Å². The molecule has 2 N–H and O–H groups in total. The topological polar surface area (TPSA) is 131 Å². The monoisotopic (exact) mass is 255 g/mol. The van der Waals surface area contributed by atoms with Crippen LogP contribution in [0.25, 0.3) is 0 Å². The van der Waals surface area contributed by atoms with Crippen molar-refractivity contribution in [3.63, 3.8) is 0 Å². The molecule has 0 aromatic carbocycles. The summed E-state index contributed by atoms with van der Waals surface area (Å²) in [5.74, 6) is -1.40. The summed E-state index contributed by atoms with van der Waals surface area (Å²) in [6, 6.07) is 1.98. The Morgan fingerprint density at radius 1 is 1.50 bits per heavy atom. The van der Waals surface area contributed by atoms with Crippen molar-refractivity contribution < 1.29 is 19.2 Å². The van der Waals surface area contributed by atoms with E-state index in [4.69, 9.17) is 0 Å². The van der Waals surface area contributed by atoms with Gasteiger partial charge in [0.2, 0.25) is 0 Å². The van der Waals surface area contributed by atoms with Gasteiger partial charge in [-0.1, -0.05) is 0 Å². The Kier molecular flexibility index (Phi) is 4.13. The number of nitro groups is 1. The summed E-state index contributed by atoms with van der Waals surface area (Å²) in [5.41, 5.74) is -1.85. The number of methoxy groups -OCH3 is 1. The van der Waals surface area contributed by atoms with Crippen molar-refractivity contribution in [3.05, 3.63) is 38.3 Å². The lowest BCUT2D eigenvalue weighted by Crippen LogP contribution is -2.31. The van der Waals surface area contributed by atoms with E-state index in [9.17, 15) is 24.5 Å². The number of pyridine rings is 1. The summed E-state index contributed by atoms with van der Waals surface area (Å²) in [6.45, 7) is -0.367. The average molecular weight is 255 g/mol. The number of rotatable bonds is 4. The van der Waals surface area contributed by atoms with Gasteiger partial charge in [-0.25, -0.2) is 0 Å². The van der Waals surface area contributed by atoms with E-state index in [1.165, 1.54) is 0 Å². The first-order valence-electron chi connectivity index (χ1n) is 4.68. The molecule has 1 rings (SSSR count). The zero-order chi connectivity index (χ0) is 13.7. The second kappa shape index (κ2) is 5.57. The molecule has 0 saturated carbocycles. The van der Waals surface area contributed by atoms with Gasteiger partial charge in [0, 0.05) is 6.07 Å². The van der Waals surface area contributed by atoms with Gasteiger partial charge in [-0.3, -0.25) is 24.5 Å². The number of nitrogens with zero attached hydrogens (tertiary/aromatic N) is 1. The SMILES string of the molecule is COC(=O)CNC(=O)c1ccc([N+](=O)[O-])c(=O)[nH]1. The third-order valence-corrected chi connectivity index (χ3v) is 1.95. The van der Waals surface area contributed by atoms with Crippen molar-refractivity contribution in [3.8, 4) is 0 Å². The number of ether oxygens (including phenoxy) is 1. The molecule has 0 fully saturated rings. The molecule has 9 heteroatoms. The Labute approximate surface area is 99.9 Å². The van der Waals surface area contributed by atoms with Crippen LogP contribution in [0.2, 0.25) is 0 Å². The van der Waals surface area contributed by atoms with Crippen LogP contribution in [0.1, 0.15) is 10.5 Å². The van der Waals surface area contributed by atoms with E-state index >= 15 is 0 Å². The highest BCUT2D eigenvalue weighted by molar-refractivity contribution is 5.94. The molecule has 0 aliphatic rings. The molecule has 1 amide bonds. The summed E-state index contributed by atoms with van der Waals surface area (Å²) in [7, 11) is 1.15. The number of hydrogen-bond donors (Lipinski definition) is 2. The number of esters is 1. The maximum absolute atomic E-state index is 11.4. The smallest absolute Gasteiger partial charge is 0.333 e. The van der Waals surface area contributed by atoms with Crippen molar-refractivity contribution in [2.45, 2.75) is 0 Å². The van der Waals surface area contributed by atoms with E-state index < -0.39 is 28.0 Å². The Hall–Kier alpha value is -2.71. The maximum Gasteiger partial charge on any atom is 0.333 e. The van der Waals surface area contributed by atoms with E-state index in [0.717, 1.165) is 19.2 Å². The van der Waals surface area contributed by atoms with Crippen LogP contribution >= 0.6 is 0 Å². The van der Waals surface area contributed by atoms with Crippen molar-refractivity contribution in [2.75, 3.05) is 13.7 Å². The second-order valence-electron chi connectivity index (χ2n) is 3.10. The molecule has 0 radical (unpaired) electrons. The highest BCUT2D eigenvalue weighted by Gasteiger charge is 2.15. The third kappa shape index (κ3) is 3.14. The van der Waals surface area contributed by atoms with Crippen molar-refractivity contribution in [1.29, 1.82) is 0 Å². The predicted molar refractivity (Wildman–Crippen MR) is 58.1 cm³/mol. The maximum atomic E-state index is 11.4. The zero-order valence-electron chi connectivity index (χ0n) is 9.26. The fourth-order valence-electron chi connectivity index (χ4n) is 1.06. The van der Waals surface area contributed by atoms with Gasteiger partial charge in [-0.15, -0.1) is 0 Å². The number of hydrogen-bond acceptors (Lipinski definition) is 6. The molecule has 0 unspecified atom stereocenters. The Morgan fingerprint density at radius 2 is 2.17 bits per heavy atom. The molecule has 0 atom stereocenters. The summed E-state index contributed by atoms with van der Waals surface area (Å²) in [4.78, 5) is 45.0. The highest BCUT2D eigenvalue weighted by atomic mass is 16.6. The minimum Gasteiger partial charge on any atom is -0.468 e. The van der Waals surface area contributed by atoms with Crippen LogP contribution < -0.4 is 10.9 Å². The van der Waals surface area contributed by atoms with Crippen LogP contribution in [0, 0.1) is 10.1 Å². The highest BCUT2D eigenvalue weighted by Crippen LogP contribution is 2.02. The third-order valence-electron chi connectivity index (χ3n) is 1.95. The number of aromatic amines is 1. The number of carbonyl (C=O) groups excluding carboxylic acids is 2. The molecule has 96 valence electrons. The summed E-state index contributed by atoms with van der Waals surface area (Å²) >= 11 is 0. The lowest BCUT2D eigenvalue weighted by molar-refractivity contribution is -0.386. The molecule has 0 bridgehead atoms. The van der Waals surface area contributed by atoms with Crippen LogP contribution in [-0.4, -0.2) is 35.4 Å². The predicted octanol–water partition coefficient (Wildman–Crippen LogP) is -0.814. The molecule has 9 nitrogen and oxygen atoms in total. The van der Waals surface area contributed by atoms with Crippen molar-refractivity contribution in [1.82, 2.24) is 10.3 Å². The van der Waals surface area contributed by atoms with Crippen LogP contribution in [0.3, 0.4) is 0 Å². The first-order valence-corrected chi connectivity index (χ1v) is 4.68. The Bertz CT molecular complexity index is 549. The molecule has 1 aromatic heterocycles. The Morgan fingerprint density at radius 3 is 2.67 bits per heavy atom. The Balaban J connectivity index is 2.82. The minimum atomic E-state index is -0.995. The molecule has 0 saturated heterocycles. The van der Waals surface area contributed by atoms with Gasteiger partial charge in [0.25, 0.3) is 5.91 Å². The lowest BCUT2D eigenvalue weighted by atomic mass is 10.3. The average Bonchev–Trinajstić information content (AvgIpc) is 2.34. The zero-order valence-corrected chi connectivity index (χ0v) is 9.26. The van der Waals surface area contributed by atoms with Crippen molar-refractivity contribution >= 4 is 17.6 Å². The number of aromatic nitrogens is 1. The molecular weight excluding hydrogens is 246 g/mol. The van der Waals surface area contributed by atoms with Crippen molar-refractivity contribution in [2.24, 2.45) is 0 Å². The van der Waals surface area contributed by atoms with E-state index in [0.29, 0.717) is 0 Å². The molecule has 0 spiro atoms. The van der Waals surface area contributed by atoms with Gasteiger partial charge < -0.3 is 15.0 Å². The van der Waals surface area contributed by atoms with Crippen LogP contribution in [0.15, 0.2) is 16.9 Å². The fraction of sp³-hybridized carbons (Fsp3) is 0.222. The molecule has 0 aliphatic heterocycles. The largest absolute Gasteiger partial charge is 0.468 e. The molecule has 0 aliphatic carbocycles. The summed E-state index contributed by atoms with van der Waals surface area (Å²) < 4.78 is 4.30. The van der Waals surface area contributed by atoms with Gasteiger partial charge in [-0.2, -0.15) is 0 Å². The number of carbonyl (C=O) groups is 2. The number of H-pyrrole nitrogens is 1. The summed E-state index contributed by atoms with van der Waals surface area (Å²) in [5, 5.41) is 12.6. The fourth-order valence-corrected chi connectivity index (χ4v) is 1.06. The number of amides is 1. The quantitative estimate of drug-likeness (QED) is 0.410. The van der Waals surface area contributed by atoms with E-state index in [1.54, 1.807) is 0 Å². The molecular formula is C9H9N3O6. The first-order chi connectivity index (χ1) is 8.45. The van der Waals surface area contributed by atoms with Gasteiger partial charge in [0.15, 0.2) is 0 Å². The molecule has 1 heterocycles. The molecule has 18 heavy (non-hydrogen) atoms. The standard InChI is InChI=1S/C9H9N3O6/c1-18-7(13)4-10-8(14)5-2-3-6(12(16)17)9(15)11-5/h2-3H,4H2,1H3,(H,10,14)(H,11,15). The summed E-state index contributed by atoms with van der Waals surface area (Å²) in [6.07, 6.45) is 0. The second-order valence-corrected chi connectivity index (χ2v) is 3.10.